The van der Waals surface area contributed by atoms with Crippen LogP contribution in [-0.4, -0.2) is 29.8 Å². The van der Waals surface area contributed by atoms with Crippen LogP contribution in [0, 0.1) is 6.92 Å². The highest BCUT2D eigenvalue weighted by Gasteiger charge is 2.36. The van der Waals surface area contributed by atoms with Crippen molar-refractivity contribution in [2.45, 2.75) is 19.4 Å². The predicted octanol–water partition coefficient (Wildman–Crippen LogP) is 5.07. The molecular weight excluding hydrogens is 462 g/mol. The number of halogens is 2. The molecule has 0 amide bonds. The topological polar surface area (TPSA) is 62.6 Å². The lowest BCUT2D eigenvalue weighted by atomic mass is 9.98. The third-order valence-electron chi connectivity index (χ3n) is 4.78. The average molecular weight is 479 g/mol. The first kappa shape index (κ1) is 19.4. The SMILES string of the molecule is Cc1cccc2cc([C@@H]3CC(c4ccc(Br)cc4)=NN3S(C)(=O)=O)c(Cl)nc12. The minimum absolute atomic E-state index is 0.299. The summed E-state index contributed by atoms with van der Waals surface area (Å²) < 4.78 is 26.9. The number of sulfonamides is 1. The van der Waals surface area contributed by atoms with Crippen molar-refractivity contribution < 1.29 is 8.42 Å². The molecule has 0 radical (unpaired) electrons. The van der Waals surface area contributed by atoms with Gasteiger partial charge in [-0.25, -0.2) is 13.4 Å². The van der Waals surface area contributed by atoms with Crippen LogP contribution in [0.3, 0.4) is 0 Å². The molecule has 144 valence electrons. The second kappa shape index (κ2) is 7.13. The van der Waals surface area contributed by atoms with Crippen LogP contribution in [-0.2, 0) is 10.0 Å². The first-order chi connectivity index (χ1) is 13.2. The van der Waals surface area contributed by atoms with E-state index in [1.165, 1.54) is 0 Å². The summed E-state index contributed by atoms with van der Waals surface area (Å²) in [5.74, 6) is 0. The van der Waals surface area contributed by atoms with Crippen molar-refractivity contribution in [2.75, 3.05) is 6.26 Å². The van der Waals surface area contributed by atoms with E-state index in [1.54, 1.807) is 0 Å². The van der Waals surface area contributed by atoms with E-state index in [1.807, 2.05) is 55.5 Å². The third kappa shape index (κ3) is 3.54. The zero-order valence-electron chi connectivity index (χ0n) is 15.2. The van der Waals surface area contributed by atoms with Crippen LogP contribution in [0.15, 0.2) is 58.1 Å². The van der Waals surface area contributed by atoms with Crippen molar-refractivity contribution in [1.29, 1.82) is 0 Å². The van der Waals surface area contributed by atoms with E-state index in [0.717, 1.165) is 37.2 Å². The maximum absolute atomic E-state index is 12.4. The van der Waals surface area contributed by atoms with Crippen LogP contribution in [0.5, 0.6) is 0 Å². The number of aryl methyl sites for hydroxylation is 1. The first-order valence-electron chi connectivity index (χ1n) is 8.62. The molecule has 1 aliphatic rings. The minimum atomic E-state index is -3.58. The summed E-state index contributed by atoms with van der Waals surface area (Å²) in [4.78, 5) is 4.53. The third-order valence-corrected chi connectivity index (χ3v) is 6.62. The fourth-order valence-electron chi connectivity index (χ4n) is 3.42. The van der Waals surface area contributed by atoms with Crippen molar-refractivity contribution in [1.82, 2.24) is 9.40 Å². The van der Waals surface area contributed by atoms with E-state index in [-0.39, 0.29) is 0 Å². The molecule has 1 atom stereocenters. The number of fused-ring (bicyclic) bond motifs is 1. The van der Waals surface area contributed by atoms with Gasteiger partial charge in [0.15, 0.2) is 0 Å². The quantitative estimate of drug-likeness (QED) is 0.494. The average Bonchev–Trinajstić information content (AvgIpc) is 3.08. The van der Waals surface area contributed by atoms with Gasteiger partial charge in [-0.15, -0.1) is 0 Å². The highest BCUT2D eigenvalue weighted by molar-refractivity contribution is 9.10. The molecule has 28 heavy (non-hydrogen) atoms. The molecule has 0 fully saturated rings. The highest BCUT2D eigenvalue weighted by Crippen LogP contribution is 2.38. The summed E-state index contributed by atoms with van der Waals surface area (Å²) in [5.41, 5.74) is 4.06. The number of pyridine rings is 1. The Hall–Kier alpha value is -1.96. The van der Waals surface area contributed by atoms with E-state index in [2.05, 4.69) is 26.0 Å². The maximum atomic E-state index is 12.4. The number of nitrogens with zero attached hydrogens (tertiary/aromatic N) is 3. The molecule has 1 aromatic heterocycles. The highest BCUT2D eigenvalue weighted by atomic mass is 79.9. The lowest BCUT2D eigenvalue weighted by Gasteiger charge is -2.22. The van der Waals surface area contributed by atoms with Gasteiger partial charge < -0.3 is 0 Å². The van der Waals surface area contributed by atoms with Gasteiger partial charge in [-0.2, -0.15) is 9.52 Å². The maximum Gasteiger partial charge on any atom is 0.247 e. The molecule has 0 N–H and O–H groups in total. The molecule has 3 aromatic rings. The Morgan fingerprint density at radius 1 is 1.18 bits per heavy atom. The molecule has 0 unspecified atom stereocenters. The zero-order chi connectivity index (χ0) is 20.1. The minimum Gasteiger partial charge on any atom is -0.235 e. The van der Waals surface area contributed by atoms with Gasteiger partial charge in [0.25, 0.3) is 0 Å². The summed E-state index contributed by atoms with van der Waals surface area (Å²) in [6.45, 7) is 1.97. The fourth-order valence-corrected chi connectivity index (χ4v) is 4.84. The van der Waals surface area contributed by atoms with Crippen molar-refractivity contribution in [2.24, 2.45) is 5.10 Å². The number of hydrogen-bond acceptors (Lipinski definition) is 4. The summed E-state index contributed by atoms with van der Waals surface area (Å²) in [6, 6.07) is 14.9. The van der Waals surface area contributed by atoms with Crippen LogP contribution in [0.2, 0.25) is 5.15 Å². The Bertz CT molecular complexity index is 1210. The molecule has 0 spiro atoms. The van der Waals surface area contributed by atoms with Gasteiger partial charge in [-0.1, -0.05) is 57.9 Å². The van der Waals surface area contributed by atoms with Gasteiger partial charge in [0, 0.05) is 21.8 Å². The molecule has 8 heteroatoms. The Morgan fingerprint density at radius 2 is 1.89 bits per heavy atom. The Kier molecular flexibility index (Phi) is 4.93. The van der Waals surface area contributed by atoms with E-state index in [0.29, 0.717) is 22.8 Å². The molecule has 0 saturated heterocycles. The normalized spacial score (nSPS) is 17.2. The summed E-state index contributed by atoms with van der Waals surface area (Å²) in [5, 5.41) is 5.64. The van der Waals surface area contributed by atoms with E-state index >= 15 is 0 Å². The summed E-state index contributed by atoms with van der Waals surface area (Å²) in [6.07, 6.45) is 1.58. The van der Waals surface area contributed by atoms with Crippen molar-refractivity contribution >= 4 is 54.2 Å². The number of benzene rings is 2. The number of para-hydroxylation sites is 1. The van der Waals surface area contributed by atoms with Crippen LogP contribution >= 0.6 is 27.5 Å². The molecule has 0 saturated carbocycles. The largest absolute Gasteiger partial charge is 0.247 e. The van der Waals surface area contributed by atoms with Crippen LogP contribution < -0.4 is 0 Å². The molecule has 1 aliphatic heterocycles. The number of aromatic nitrogens is 1. The zero-order valence-corrected chi connectivity index (χ0v) is 18.4. The van der Waals surface area contributed by atoms with E-state index < -0.39 is 16.1 Å². The molecule has 4 rings (SSSR count). The van der Waals surface area contributed by atoms with Gasteiger partial charge in [-0.3, -0.25) is 0 Å². The van der Waals surface area contributed by atoms with Gasteiger partial charge in [0.1, 0.15) is 5.15 Å². The van der Waals surface area contributed by atoms with Gasteiger partial charge in [0.2, 0.25) is 10.0 Å². The molecule has 0 aliphatic carbocycles. The predicted molar refractivity (Wildman–Crippen MR) is 116 cm³/mol. The molecule has 0 bridgehead atoms. The van der Waals surface area contributed by atoms with Gasteiger partial charge >= 0.3 is 0 Å². The van der Waals surface area contributed by atoms with Crippen LogP contribution in [0.4, 0.5) is 0 Å². The van der Waals surface area contributed by atoms with Crippen LogP contribution in [0.1, 0.15) is 29.2 Å². The second-order valence-electron chi connectivity index (χ2n) is 6.82. The van der Waals surface area contributed by atoms with Gasteiger partial charge in [-0.05, 0) is 36.2 Å². The van der Waals surface area contributed by atoms with Crippen molar-refractivity contribution in [3.05, 3.63) is 74.8 Å². The molecule has 2 heterocycles. The Labute approximate surface area is 177 Å². The standard InChI is InChI=1S/C20H17BrClN3O2S/c1-12-4-3-5-14-10-16(20(22)23-19(12)14)18-11-17(24-25(18)28(2,26)27)13-6-8-15(21)9-7-13/h3-10,18H,11H2,1-2H3/t18-/m0/s1. The summed E-state index contributed by atoms with van der Waals surface area (Å²) in [7, 11) is -3.58. The van der Waals surface area contributed by atoms with Gasteiger partial charge in [0.05, 0.1) is 23.5 Å². The van der Waals surface area contributed by atoms with E-state index in [9.17, 15) is 8.42 Å². The monoisotopic (exact) mass is 477 g/mol. The Morgan fingerprint density at radius 3 is 2.57 bits per heavy atom. The van der Waals surface area contributed by atoms with Crippen LogP contribution in [0.25, 0.3) is 10.9 Å². The smallest absolute Gasteiger partial charge is 0.235 e. The lowest BCUT2D eigenvalue weighted by molar-refractivity contribution is 0.374. The van der Waals surface area contributed by atoms with Crippen molar-refractivity contribution in [3.63, 3.8) is 0 Å². The second-order valence-corrected chi connectivity index (χ2v) is 9.94. The number of hydrogen-bond donors (Lipinski definition) is 0. The fraction of sp³-hybridized carbons (Fsp3) is 0.200. The molecule has 5 nitrogen and oxygen atoms in total. The first-order valence-corrected chi connectivity index (χ1v) is 11.6. The molecule has 2 aromatic carbocycles. The van der Waals surface area contributed by atoms with Crippen molar-refractivity contribution in [3.8, 4) is 0 Å². The lowest BCUT2D eigenvalue weighted by Crippen LogP contribution is -2.26. The number of rotatable bonds is 3. The number of hydrazone groups is 1. The van der Waals surface area contributed by atoms with E-state index in [4.69, 9.17) is 11.6 Å². The Balaban J connectivity index is 1.82. The molecular formula is C20H17BrClN3O2S. The summed E-state index contributed by atoms with van der Waals surface area (Å²) >= 11 is 9.91.